The van der Waals surface area contributed by atoms with Gasteiger partial charge in [-0.2, -0.15) is 0 Å². The first-order valence-electron chi connectivity index (χ1n) is 10.9. The van der Waals surface area contributed by atoms with E-state index in [1.807, 2.05) is 0 Å². The molecule has 3 atom stereocenters. The highest BCUT2D eigenvalue weighted by Gasteiger charge is 2.35. The summed E-state index contributed by atoms with van der Waals surface area (Å²) in [4.78, 5) is 14.7. The van der Waals surface area contributed by atoms with Crippen molar-refractivity contribution in [3.8, 4) is 0 Å². The first kappa shape index (κ1) is 19.1. The highest BCUT2D eigenvalue weighted by Crippen LogP contribution is 2.39. The Morgan fingerprint density at radius 3 is 2.93 bits per heavy atom. The van der Waals surface area contributed by atoms with Crippen LogP contribution in [0.25, 0.3) is 0 Å². The molecule has 2 saturated heterocycles. The van der Waals surface area contributed by atoms with Crippen molar-refractivity contribution in [1.82, 2.24) is 10.2 Å². The summed E-state index contributed by atoms with van der Waals surface area (Å²) in [5, 5.41) is 3.48. The molecule has 156 valence electrons. The van der Waals surface area contributed by atoms with Gasteiger partial charge in [0.25, 0.3) is 0 Å². The van der Waals surface area contributed by atoms with Gasteiger partial charge in [0.05, 0.1) is 12.5 Å². The number of nitrogens with one attached hydrogen (secondary N) is 1. The lowest BCUT2D eigenvalue weighted by molar-refractivity contribution is -0.151. The zero-order valence-corrected chi connectivity index (χ0v) is 17.1. The molecule has 0 radical (unpaired) electrons. The molecule has 0 aromatic carbocycles. The molecule has 5 rings (SSSR count). The number of ether oxygens (including phenoxy) is 3. The molecule has 2 fully saturated rings. The molecule has 4 heterocycles. The van der Waals surface area contributed by atoms with E-state index in [4.69, 9.17) is 14.2 Å². The SMILES string of the molecule is CC1(OC2CCCO2)C=CC2=C3CC(=O)C=C(NCC4CCCO4)N3CCC2=C1. The van der Waals surface area contributed by atoms with Crippen molar-refractivity contribution in [2.75, 3.05) is 26.3 Å². The second-order valence-electron chi connectivity index (χ2n) is 8.70. The predicted octanol–water partition coefficient (Wildman–Crippen LogP) is 2.94. The van der Waals surface area contributed by atoms with Crippen molar-refractivity contribution in [1.29, 1.82) is 0 Å². The molecule has 0 aromatic rings. The quantitative estimate of drug-likeness (QED) is 0.768. The molecule has 1 aliphatic carbocycles. The lowest BCUT2D eigenvalue weighted by atomic mass is 9.84. The number of hydrogen-bond donors (Lipinski definition) is 1. The van der Waals surface area contributed by atoms with E-state index in [0.717, 1.165) is 69.9 Å². The van der Waals surface area contributed by atoms with Gasteiger partial charge in [0, 0.05) is 44.5 Å². The van der Waals surface area contributed by atoms with Gasteiger partial charge in [-0.15, -0.1) is 0 Å². The number of hydrogen-bond acceptors (Lipinski definition) is 6. The zero-order valence-electron chi connectivity index (χ0n) is 17.1. The average molecular weight is 399 g/mol. The van der Waals surface area contributed by atoms with Crippen molar-refractivity contribution in [2.24, 2.45) is 0 Å². The number of carbonyl (C=O) groups excluding carboxylic acids is 1. The smallest absolute Gasteiger partial charge is 0.165 e. The summed E-state index contributed by atoms with van der Waals surface area (Å²) < 4.78 is 17.6. The van der Waals surface area contributed by atoms with Gasteiger partial charge in [-0.05, 0) is 55.9 Å². The van der Waals surface area contributed by atoms with E-state index < -0.39 is 5.60 Å². The minimum atomic E-state index is -0.452. The second kappa shape index (κ2) is 7.74. The van der Waals surface area contributed by atoms with Crippen LogP contribution in [0.4, 0.5) is 0 Å². The van der Waals surface area contributed by atoms with Crippen LogP contribution in [-0.2, 0) is 19.0 Å². The third kappa shape index (κ3) is 3.93. The van der Waals surface area contributed by atoms with Crippen molar-refractivity contribution < 1.29 is 19.0 Å². The number of nitrogens with zero attached hydrogens (tertiary/aromatic N) is 1. The fraction of sp³-hybridized carbons (Fsp3) is 0.609. The van der Waals surface area contributed by atoms with E-state index in [2.05, 4.69) is 35.4 Å². The Balaban J connectivity index is 1.35. The minimum Gasteiger partial charge on any atom is -0.376 e. The van der Waals surface area contributed by atoms with Crippen LogP contribution in [0.1, 0.15) is 45.4 Å². The van der Waals surface area contributed by atoms with Gasteiger partial charge >= 0.3 is 0 Å². The maximum atomic E-state index is 12.5. The first-order chi connectivity index (χ1) is 14.1. The number of rotatable bonds is 5. The monoisotopic (exact) mass is 398 g/mol. The zero-order chi connectivity index (χ0) is 19.8. The largest absolute Gasteiger partial charge is 0.376 e. The number of ketones is 1. The molecule has 6 heteroatoms. The normalized spacial score (nSPS) is 34.1. The molecule has 0 aromatic heterocycles. The van der Waals surface area contributed by atoms with Gasteiger partial charge in [-0.1, -0.05) is 6.08 Å². The molecule has 0 amide bonds. The highest BCUT2D eigenvalue weighted by molar-refractivity contribution is 5.93. The molecular formula is C23H30N2O4. The molecule has 4 aliphatic heterocycles. The predicted molar refractivity (Wildman–Crippen MR) is 109 cm³/mol. The standard InChI is InChI=1S/C23H30N2O4/c1-23(29-22-5-3-11-28-22)8-6-19-16(14-23)7-9-25-20(19)12-17(26)13-21(25)24-15-18-4-2-10-27-18/h6,8,13-14,18,22,24H,2-5,7,9-12,15H2,1H3. The van der Waals surface area contributed by atoms with Crippen molar-refractivity contribution >= 4 is 5.78 Å². The van der Waals surface area contributed by atoms with Crippen LogP contribution >= 0.6 is 0 Å². The van der Waals surface area contributed by atoms with Crippen molar-refractivity contribution in [2.45, 2.75) is 63.4 Å². The van der Waals surface area contributed by atoms with Gasteiger partial charge in [-0.25, -0.2) is 0 Å². The topological polar surface area (TPSA) is 60.0 Å². The molecule has 3 unspecified atom stereocenters. The van der Waals surface area contributed by atoms with Gasteiger partial charge in [-0.3, -0.25) is 4.79 Å². The van der Waals surface area contributed by atoms with Crippen molar-refractivity contribution in [3.05, 3.63) is 47.0 Å². The Bertz CT molecular complexity index is 800. The summed E-state index contributed by atoms with van der Waals surface area (Å²) in [5.41, 5.74) is 3.08. The fourth-order valence-electron chi connectivity index (χ4n) is 4.90. The molecule has 6 nitrogen and oxygen atoms in total. The maximum absolute atomic E-state index is 12.5. The summed E-state index contributed by atoms with van der Waals surface area (Å²) >= 11 is 0. The number of carbonyl (C=O) groups is 1. The Hall–Kier alpha value is -1.89. The Morgan fingerprint density at radius 1 is 1.28 bits per heavy atom. The van der Waals surface area contributed by atoms with E-state index in [9.17, 15) is 4.79 Å². The second-order valence-corrected chi connectivity index (χ2v) is 8.70. The maximum Gasteiger partial charge on any atom is 0.165 e. The van der Waals surface area contributed by atoms with E-state index in [0.29, 0.717) is 6.42 Å². The Labute approximate surface area is 172 Å². The lowest BCUT2D eigenvalue weighted by Gasteiger charge is -2.41. The molecular weight excluding hydrogens is 368 g/mol. The van der Waals surface area contributed by atoms with Gasteiger partial charge in [0.2, 0.25) is 0 Å². The van der Waals surface area contributed by atoms with Crippen LogP contribution < -0.4 is 5.32 Å². The molecule has 0 saturated carbocycles. The molecule has 0 bridgehead atoms. The lowest BCUT2D eigenvalue weighted by Crippen LogP contribution is -2.42. The third-order valence-electron chi connectivity index (χ3n) is 6.37. The van der Waals surface area contributed by atoms with Crippen LogP contribution in [0, 0.1) is 0 Å². The Kier molecular flexibility index (Phi) is 5.10. The van der Waals surface area contributed by atoms with E-state index in [-0.39, 0.29) is 18.2 Å². The fourth-order valence-corrected chi connectivity index (χ4v) is 4.90. The van der Waals surface area contributed by atoms with Crippen LogP contribution in [0.2, 0.25) is 0 Å². The third-order valence-corrected chi connectivity index (χ3v) is 6.37. The van der Waals surface area contributed by atoms with Gasteiger partial charge in [0.15, 0.2) is 12.1 Å². The molecule has 29 heavy (non-hydrogen) atoms. The van der Waals surface area contributed by atoms with E-state index >= 15 is 0 Å². The van der Waals surface area contributed by atoms with Crippen molar-refractivity contribution in [3.63, 3.8) is 0 Å². The van der Waals surface area contributed by atoms with E-state index in [1.165, 1.54) is 11.1 Å². The summed E-state index contributed by atoms with van der Waals surface area (Å²) in [6, 6.07) is 0. The number of allylic oxidation sites excluding steroid dienone is 4. The number of fused-ring (bicyclic) bond motifs is 2. The van der Waals surface area contributed by atoms with Crippen LogP contribution in [0.3, 0.4) is 0 Å². The minimum absolute atomic E-state index is 0.122. The van der Waals surface area contributed by atoms with Crippen LogP contribution in [-0.4, -0.2) is 55.0 Å². The molecule has 1 N–H and O–H groups in total. The highest BCUT2D eigenvalue weighted by atomic mass is 16.7. The first-order valence-corrected chi connectivity index (χ1v) is 10.9. The molecule has 0 spiro atoms. The van der Waals surface area contributed by atoms with Gasteiger partial charge < -0.3 is 24.4 Å². The van der Waals surface area contributed by atoms with E-state index in [1.54, 1.807) is 6.08 Å². The van der Waals surface area contributed by atoms with Crippen LogP contribution in [0.15, 0.2) is 47.0 Å². The summed E-state index contributed by atoms with van der Waals surface area (Å²) in [7, 11) is 0. The van der Waals surface area contributed by atoms with Crippen LogP contribution in [0.5, 0.6) is 0 Å². The Morgan fingerprint density at radius 2 is 2.14 bits per heavy atom. The summed E-state index contributed by atoms with van der Waals surface area (Å²) in [5.74, 6) is 1.06. The molecule has 5 aliphatic rings. The van der Waals surface area contributed by atoms with Gasteiger partial charge in [0.1, 0.15) is 11.4 Å². The summed E-state index contributed by atoms with van der Waals surface area (Å²) in [6.07, 6.45) is 13.9. The summed E-state index contributed by atoms with van der Waals surface area (Å²) in [6.45, 7) is 5.33. The average Bonchev–Trinajstić information content (AvgIpc) is 3.39.